The summed E-state index contributed by atoms with van der Waals surface area (Å²) in [5.41, 5.74) is 3.74. The summed E-state index contributed by atoms with van der Waals surface area (Å²) >= 11 is 0. The number of hydrogen-bond donors (Lipinski definition) is 1. The van der Waals surface area contributed by atoms with Crippen LogP contribution in [0.5, 0.6) is 0 Å². The van der Waals surface area contributed by atoms with Crippen LogP contribution in [0.4, 0.5) is 4.39 Å². The van der Waals surface area contributed by atoms with Gasteiger partial charge in [0.2, 0.25) is 0 Å². The van der Waals surface area contributed by atoms with Crippen molar-refractivity contribution in [2.45, 2.75) is 6.42 Å². The van der Waals surface area contributed by atoms with Crippen LogP contribution in [-0.4, -0.2) is 9.97 Å². The standard InChI is InChI=1S/C12H9FN2/c13-11-3-1-2-8-9(11)4-5-10(8)12-6-14-7-15-12/h1-3,5-7H,4H2,(H,14,15). The van der Waals surface area contributed by atoms with E-state index < -0.39 is 0 Å². The average Bonchev–Trinajstić information content (AvgIpc) is 2.85. The minimum absolute atomic E-state index is 0.127. The third-order valence-corrected chi connectivity index (χ3v) is 2.71. The molecule has 0 aliphatic heterocycles. The summed E-state index contributed by atoms with van der Waals surface area (Å²) in [7, 11) is 0. The topological polar surface area (TPSA) is 28.7 Å². The minimum Gasteiger partial charge on any atom is -0.345 e. The molecule has 0 spiro atoms. The van der Waals surface area contributed by atoms with Gasteiger partial charge in [-0.25, -0.2) is 9.37 Å². The molecule has 3 rings (SSSR count). The molecule has 1 aliphatic rings. The fraction of sp³-hybridized carbons (Fsp3) is 0.0833. The predicted octanol–water partition coefficient (Wildman–Crippen LogP) is 2.54. The smallest absolute Gasteiger partial charge is 0.127 e. The molecule has 0 saturated heterocycles. The number of nitrogens with one attached hydrogen (secondary N) is 1. The highest BCUT2D eigenvalue weighted by Gasteiger charge is 2.18. The molecule has 0 amide bonds. The van der Waals surface area contributed by atoms with Crippen molar-refractivity contribution in [1.29, 1.82) is 0 Å². The molecule has 0 unspecified atom stereocenters. The van der Waals surface area contributed by atoms with Gasteiger partial charge in [-0.1, -0.05) is 18.2 Å². The van der Waals surface area contributed by atoms with Gasteiger partial charge in [-0.2, -0.15) is 0 Å². The second-order valence-electron chi connectivity index (χ2n) is 3.55. The van der Waals surface area contributed by atoms with E-state index in [1.54, 1.807) is 18.6 Å². The lowest BCUT2D eigenvalue weighted by atomic mass is 10.0. The molecule has 0 fully saturated rings. The Balaban J connectivity index is 2.15. The van der Waals surface area contributed by atoms with Crippen molar-refractivity contribution in [2.75, 3.05) is 0 Å². The van der Waals surface area contributed by atoms with Crippen LogP contribution in [0.3, 0.4) is 0 Å². The summed E-state index contributed by atoms with van der Waals surface area (Å²) in [5.74, 6) is -0.127. The van der Waals surface area contributed by atoms with Crippen LogP contribution in [-0.2, 0) is 6.42 Å². The van der Waals surface area contributed by atoms with Crippen LogP contribution >= 0.6 is 0 Å². The molecule has 1 aliphatic carbocycles. The van der Waals surface area contributed by atoms with Crippen molar-refractivity contribution < 1.29 is 4.39 Å². The Labute approximate surface area is 86.5 Å². The van der Waals surface area contributed by atoms with Gasteiger partial charge in [0.25, 0.3) is 0 Å². The predicted molar refractivity (Wildman–Crippen MR) is 55.8 cm³/mol. The van der Waals surface area contributed by atoms with Crippen molar-refractivity contribution >= 4 is 5.57 Å². The van der Waals surface area contributed by atoms with E-state index in [1.807, 2.05) is 12.1 Å². The molecule has 0 bridgehead atoms. The van der Waals surface area contributed by atoms with E-state index in [0.717, 1.165) is 22.4 Å². The third-order valence-electron chi connectivity index (χ3n) is 2.71. The molecule has 2 aromatic rings. The Hall–Kier alpha value is -1.90. The van der Waals surface area contributed by atoms with Crippen molar-refractivity contribution in [1.82, 2.24) is 9.97 Å². The zero-order valence-electron chi connectivity index (χ0n) is 8.00. The van der Waals surface area contributed by atoms with Gasteiger partial charge >= 0.3 is 0 Å². The molecule has 1 aromatic heterocycles. The summed E-state index contributed by atoms with van der Waals surface area (Å²) in [4.78, 5) is 7.01. The average molecular weight is 200 g/mol. The Morgan fingerprint density at radius 2 is 2.27 bits per heavy atom. The largest absolute Gasteiger partial charge is 0.345 e. The van der Waals surface area contributed by atoms with Gasteiger partial charge in [0.05, 0.1) is 18.2 Å². The Morgan fingerprint density at radius 3 is 3.07 bits per heavy atom. The van der Waals surface area contributed by atoms with E-state index in [4.69, 9.17) is 0 Å². The molecule has 1 aromatic carbocycles. The second kappa shape index (κ2) is 3.05. The van der Waals surface area contributed by atoms with Gasteiger partial charge in [0.15, 0.2) is 0 Å². The van der Waals surface area contributed by atoms with E-state index >= 15 is 0 Å². The maximum atomic E-state index is 13.4. The van der Waals surface area contributed by atoms with Gasteiger partial charge in [-0.15, -0.1) is 0 Å². The van der Waals surface area contributed by atoms with Gasteiger partial charge < -0.3 is 4.98 Å². The van der Waals surface area contributed by atoms with Crippen molar-refractivity contribution in [3.63, 3.8) is 0 Å². The van der Waals surface area contributed by atoms with E-state index in [1.165, 1.54) is 6.07 Å². The van der Waals surface area contributed by atoms with Gasteiger partial charge in [0, 0.05) is 5.57 Å². The van der Waals surface area contributed by atoms with Gasteiger partial charge in [0.1, 0.15) is 5.82 Å². The number of nitrogens with zero attached hydrogens (tertiary/aromatic N) is 1. The number of allylic oxidation sites excluding steroid dienone is 1. The van der Waals surface area contributed by atoms with Crippen molar-refractivity contribution in [3.8, 4) is 0 Å². The molecule has 1 N–H and O–H groups in total. The first-order chi connectivity index (χ1) is 7.36. The van der Waals surface area contributed by atoms with Crippen molar-refractivity contribution in [3.05, 3.63) is 59.4 Å². The molecule has 0 radical (unpaired) electrons. The van der Waals surface area contributed by atoms with E-state index in [-0.39, 0.29) is 5.82 Å². The Bertz CT molecular complexity index is 527. The highest BCUT2D eigenvalue weighted by molar-refractivity contribution is 5.82. The summed E-state index contributed by atoms with van der Waals surface area (Å²) < 4.78 is 13.4. The van der Waals surface area contributed by atoms with E-state index in [9.17, 15) is 4.39 Å². The number of H-pyrrole nitrogens is 1. The number of fused-ring (bicyclic) bond motifs is 1. The number of imidazole rings is 1. The van der Waals surface area contributed by atoms with Crippen LogP contribution in [0.25, 0.3) is 5.57 Å². The molecular formula is C12H9FN2. The Morgan fingerprint density at radius 1 is 1.33 bits per heavy atom. The quantitative estimate of drug-likeness (QED) is 0.752. The summed E-state index contributed by atoms with van der Waals surface area (Å²) in [5, 5.41) is 0. The highest BCUT2D eigenvalue weighted by atomic mass is 19.1. The lowest BCUT2D eigenvalue weighted by Gasteiger charge is -2.03. The zero-order chi connectivity index (χ0) is 10.3. The lowest BCUT2D eigenvalue weighted by molar-refractivity contribution is 0.615. The summed E-state index contributed by atoms with van der Waals surface area (Å²) in [6.45, 7) is 0. The molecule has 0 saturated carbocycles. The summed E-state index contributed by atoms with van der Waals surface area (Å²) in [6.07, 6.45) is 6.08. The monoisotopic (exact) mass is 200 g/mol. The van der Waals surface area contributed by atoms with E-state index in [2.05, 4.69) is 9.97 Å². The SMILES string of the molecule is Fc1cccc2c1CC=C2c1cnc[nH]1. The highest BCUT2D eigenvalue weighted by Crippen LogP contribution is 2.32. The number of aromatic nitrogens is 2. The minimum atomic E-state index is -0.127. The fourth-order valence-electron chi connectivity index (χ4n) is 1.99. The number of rotatable bonds is 1. The first-order valence-corrected chi connectivity index (χ1v) is 4.83. The second-order valence-corrected chi connectivity index (χ2v) is 3.55. The number of aromatic amines is 1. The maximum Gasteiger partial charge on any atom is 0.127 e. The third kappa shape index (κ3) is 1.20. The normalized spacial score (nSPS) is 13.8. The van der Waals surface area contributed by atoms with E-state index in [0.29, 0.717) is 6.42 Å². The van der Waals surface area contributed by atoms with Gasteiger partial charge in [-0.3, -0.25) is 0 Å². The molecule has 1 heterocycles. The van der Waals surface area contributed by atoms with Gasteiger partial charge in [-0.05, 0) is 23.6 Å². The molecule has 2 nitrogen and oxygen atoms in total. The zero-order valence-corrected chi connectivity index (χ0v) is 8.00. The maximum absolute atomic E-state index is 13.4. The molecular weight excluding hydrogens is 191 g/mol. The Kier molecular flexibility index (Phi) is 1.71. The van der Waals surface area contributed by atoms with Crippen LogP contribution < -0.4 is 0 Å². The van der Waals surface area contributed by atoms with Crippen LogP contribution in [0, 0.1) is 5.82 Å². The number of benzene rings is 1. The molecule has 15 heavy (non-hydrogen) atoms. The fourth-order valence-corrected chi connectivity index (χ4v) is 1.99. The van der Waals surface area contributed by atoms with Crippen LogP contribution in [0.2, 0.25) is 0 Å². The first kappa shape index (κ1) is 8.41. The number of hydrogen-bond acceptors (Lipinski definition) is 1. The summed E-state index contributed by atoms with van der Waals surface area (Å²) in [6, 6.07) is 5.18. The lowest BCUT2D eigenvalue weighted by Crippen LogP contribution is -1.90. The molecule has 3 heteroatoms. The van der Waals surface area contributed by atoms with Crippen molar-refractivity contribution in [2.24, 2.45) is 0 Å². The van der Waals surface area contributed by atoms with Crippen LogP contribution in [0.1, 0.15) is 16.8 Å². The number of halogens is 1. The molecule has 0 atom stereocenters. The molecule has 74 valence electrons. The van der Waals surface area contributed by atoms with Crippen LogP contribution in [0.15, 0.2) is 36.8 Å². The first-order valence-electron chi connectivity index (χ1n) is 4.83.